The van der Waals surface area contributed by atoms with Crippen LogP contribution in [0.3, 0.4) is 0 Å². The Morgan fingerprint density at radius 2 is 1.78 bits per heavy atom. The summed E-state index contributed by atoms with van der Waals surface area (Å²) in [4.78, 5) is 1.86. The van der Waals surface area contributed by atoms with Crippen LogP contribution in [0, 0.1) is 28.9 Å². The molecule has 4 heteroatoms. The molecule has 0 N–H and O–H groups in total. The SMILES string of the molecule is N#Cc1cc(F)c(N(CC2CC2)C2CC2)c(F)c1. The lowest BCUT2D eigenvalue weighted by molar-refractivity contribution is 0.563. The maximum atomic E-state index is 14.0. The number of benzene rings is 1. The highest BCUT2D eigenvalue weighted by Crippen LogP contribution is 2.39. The Morgan fingerprint density at radius 3 is 2.22 bits per heavy atom. The molecule has 0 aliphatic heterocycles. The molecular weight excluding hydrogens is 234 g/mol. The molecule has 0 saturated heterocycles. The third-order valence-electron chi connectivity index (χ3n) is 3.57. The molecule has 2 saturated carbocycles. The topological polar surface area (TPSA) is 27.0 Å². The largest absolute Gasteiger partial charge is 0.364 e. The Labute approximate surface area is 105 Å². The first-order chi connectivity index (χ1) is 8.69. The molecule has 2 aliphatic rings. The molecule has 1 aromatic rings. The second kappa shape index (κ2) is 4.24. The first-order valence-electron chi connectivity index (χ1n) is 6.35. The van der Waals surface area contributed by atoms with E-state index in [2.05, 4.69) is 0 Å². The number of nitrogens with zero attached hydrogens (tertiary/aromatic N) is 2. The smallest absolute Gasteiger partial charge is 0.150 e. The van der Waals surface area contributed by atoms with Crippen LogP contribution in [0.4, 0.5) is 14.5 Å². The van der Waals surface area contributed by atoms with Gasteiger partial charge in [0.05, 0.1) is 11.6 Å². The molecule has 1 aromatic carbocycles. The van der Waals surface area contributed by atoms with Gasteiger partial charge in [-0.15, -0.1) is 0 Å². The van der Waals surface area contributed by atoms with E-state index < -0.39 is 11.6 Å². The molecule has 2 nitrogen and oxygen atoms in total. The van der Waals surface area contributed by atoms with Gasteiger partial charge in [0.25, 0.3) is 0 Å². The minimum Gasteiger partial charge on any atom is -0.364 e. The fourth-order valence-electron chi connectivity index (χ4n) is 2.29. The highest BCUT2D eigenvalue weighted by molar-refractivity contribution is 5.54. The van der Waals surface area contributed by atoms with Crippen molar-refractivity contribution < 1.29 is 8.78 Å². The summed E-state index contributed by atoms with van der Waals surface area (Å²) in [7, 11) is 0. The average molecular weight is 248 g/mol. The lowest BCUT2D eigenvalue weighted by atomic mass is 10.1. The average Bonchev–Trinajstić information content (AvgIpc) is 3.19. The van der Waals surface area contributed by atoms with E-state index in [0.29, 0.717) is 5.92 Å². The van der Waals surface area contributed by atoms with Gasteiger partial charge in [0, 0.05) is 12.6 Å². The Balaban J connectivity index is 1.95. The van der Waals surface area contributed by atoms with Gasteiger partial charge >= 0.3 is 0 Å². The van der Waals surface area contributed by atoms with Crippen molar-refractivity contribution in [1.29, 1.82) is 5.26 Å². The van der Waals surface area contributed by atoms with Crippen molar-refractivity contribution in [3.63, 3.8) is 0 Å². The van der Waals surface area contributed by atoms with Crippen LogP contribution in [-0.4, -0.2) is 12.6 Å². The zero-order chi connectivity index (χ0) is 12.7. The van der Waals surface area contributed by atoms with Crippen molar-refractivity contribution in [2.75, 3.05) is 11.4 Å². The summed E-state index contributed by atoms with van der Waals surface area (Å²) in [6.07, 6.45) is 4.32. The zero-order valence-corrected chi connectivity index (χ0v) is 10.00. The molecule has 94 valence electrons. The van der Waals surface area contributed by atoms with Gasteiger partial charge in [-0.3, -0.25) is 0 Å². The number of nitriles is 1. The van der Waals surface area contributed by atoms with Crippen molar-refractivity contribution in [2.45, 2.75) is 31.7 Å². The van der Waals surface area contributed by atoms with E-state index in [1.165, 1.54) is 0 Å². The fourth-order valence-corrected chi connectivity index (χ4v) is 2.29. The zero-order valence-electron chi connectivity index (χ0n) is 10.00. The molecule has 3 rings (SSSR count). The van der Waals surface area contributed by atoms with Gasteiger partial charge in [0.2, 0.25) is 0 Å². The summed E-state index contributed by atoms with van der Waals surface area (Å²) in [5.74, 6) is -0.641. The normalized spacial score (nSPS) is 18.5. The Kier molecular flexibility index (Phi) is 2.70. The highest BCUT2D eigenvalue weighted by Gasteiger charge is 2.36. The fraction of sp³-hybridized carbons (Fsp3) is 0.500. The van der Waals surface area contributed by atoms with E-state index >= 15 is 0 Å². The molecule has 0 unspecified atom stereocenters. The highest BCUT2D eigenvalue weighted by atomic mass is 19.1. The molecule has 2 aliphatic carbocycles. The van der Waals surface area contributed by atoms with Crippen LogP contribution in [0.1, 0.15) is 31.2 Å². The third-order valence-corrected chi connectivity index (χ3v) is 3.57. The number of hydrogen-bond acceptors (Lipinski definition) is 2. The molecule has 0 atom stereocenters. The maximum absolute atomic E-state index is 14.0. The molecular formula is C14H14F2N2. The molecule has 18 heavy (non-hydrogen) atoms. The molecule has 0 heterocycles. The monoisotopic (exact) mass is 248 g/mol. The molecule has 0 amide bonds. The van der Waals surface area contributed by atoms with Crippen LogP contribution in [0.15, 0.2) is 12.1 Å². The van der Waals surface area contributed by atoms with E-state index in [-0.39, 0.29) is 17.3 Å². The van der Waals surface area contributed by atoms with Crippen LogP contribution in [0.2, 0.25) is 0 Å². The van der Waals surface area contributed by atoms with E-state index in [1.807, 2.05) is 4.90 Å². The lowest BCUT2D eigenvalue weighted by Gasteiger charge is -2.25. The predicted molar refractivity (Wildman–Crippen MR) is 64.2 cm³/mol. The van der Waals surface area contributed by atoms with Crippen LogP contribution in [-0.2, 0) is 0 Å². The Bertz CT molecular complexity index is 490. The van der Waals surface area contributed by atoms with Crippen LogP contribution in [0.5, 0.6) is 0 Å². The van der Waals surface area contributed by atoms with E-state index in [9.17, 15) is 8.78 Å². The number of halogens is 2. The quantitative estimate of drug-likeness (QED) is 0.818. The minimum absolute atomic E-state index is 0.0379. The molecule has 0 spiro atoms. The molecule has 0 aromatic heterocycles. The van der Waals surface area contributed by atoms with Crippen molar-refractivity contribution >= 4 is 5.69 Å². The maximum Gasteiger partial charge on any atom is 0.150 e. The summed E-state index contributed by atoms with van der Waals surface area (Å²) >= 11 is 0. The minimum atomic E-state index is -0.612. The van der Waals surface area contributed by atoms with Gasteiger partial charge in [0.15, 0.2) is 11.6 Å². The molecule has 0 bridgehead atoms. The third kappa shape index (κ3) is 2.17. The number of hydrogen-bond donors (Lipinski definition) is 0. The predicted octanol–water partition coefficient (Wildman–Crippen LogP) is 3.22. The van der Waals surface area contributed by atoms with Gasteiger partial charge in [-0.25, -0.2) is 8.78 Å². The standard InChI is InChI=1S/C14H14F2N2/c15-12-5-10(7-17)6-13(16)14(12)18(11-3-4-11)8-9-1-2-9/h5-6,9,11H,1-4,8H2. The lowest BCUT2D eigenvalue weighted by Crippen LogP contribution is -2.30. The number of anilines is 1. The van der Waals surface area contributed by atoms with Gasteiger partial charge in [-0.2, -0.15) is 5.26 Å². The summed E-state index contributed by atoms with van der Waals surface area (Å²) in [6, 6.07) is 4.31. The summed E-state index contributed by atoms with van der Waals surface area (Å²) in [5.41, 5.74) is 0.0966. The number of rotatable bonds is 4. The Morgan fingerprint density at radius 1 is 1.17 bits per heavy atom. The second-order valence-electron chi connectivity index (χ2n) is 5.23. The van der Waals surface area contributed by atoms with Gasteiger partial charge in [-0.1, -0.05) is 0 Å². The molecule has 0 radical (unpaired) electrons. The first kappa shape index (κ1) is 11.5. The first-order valence-corrected chi connectivity index (χ1v) is 6.35. The van der Waals surface area contributed by atoms with Crippen LogP contribution >= 0.6 is 0 Å². The van der Waals surface area contributed by atoms with Crippen LogP contribution in [0.25, 0.3) is 0 Å². The van der Waals surface area contributed by atoms with Crippen LogP contribution < -0.4 is 4.90 Å². The van der Waals surface area contributed by atoms with E-state index in [4.69, 9.17) is 5.26 Å². The summed E-state index contributed by atoms with van der Waals surface area (Å²) in [5, 5.41) is 8.70. The van der Waals surface area contributed by atoms with E-state index in [0.717, 1.165) is 44.4 Å². The van der Waals surface area contributed by atoms with Gasteiger partial charge in [-0.05, 0) is 43.7 Å². The van der Waals surface area contributed by atoms with Gasteiger partial charge in [0.1, 0.15) is 5.69 Å². The van der Waals surface area contributed by atoms with E-state index in [1.54, 1.807) is 6.07 Å². The van der Waals surface area contributed by atoms with Crippen molar-refractivity contribution in [3.8, 4) is 6.07 Å². The Hall–Kier alpha value is -1.63. The summed E-state index contributed by atoms with van der Waals surface area (Å²) < 4.78 is 27.9. The second-order valence-corrected chi connectivity index (χ2v) is 5.23. The van der Waals surface area contributed by atoms with Gasteiger partial charge < -0.3 is 4.90 Å². The van der Waals surface area contributed by atoms with Crippen molar-refractivity contribution in [1.82, 2.24) is 0 Å². The van der Waals surface area contributed by atoms with Crippen molar-refractivity contribution in [2.24, 2.45) is 5.92 Å². The molecule has 2 fully saturated rings. The van der Waals surface area contributed by atoms with Crippen molar-refractivity contribution in [3.05, 3.63) is 29.3 Å². The summed E-state index contributed by atoms with van der Waals surface area (Å²) in [6.45, 7) is 0.740.